The molecule has 0 aliphatic rings. The molecule has 0 N–H and O–H groups in total. The van der Waals surface area contributed by atoms with Crippen LogP contribution in [0.15, 0.2) is 54.2 Å². The average molecular weight is 198 g/mol. The number of rotatable bonds is 3. The summed E-state index contributed by atoms with van der Waals surface area (Å²) in [6.07, 6.45) is 8.61. The van der Waals surface area contributed by atoms with Crippen LogP contribution >= 0.6 is 0 Å². The lowest BCUT2D eigenvalue weighted by Gasteiger charge is -1.88. The zero-order valence-corrected chi connectivity index (χ0v) is 8.06. The second-order valence-electron chi connectivity index (χ2n) is 2.88. The molecule has 2 rings (SSSR count). The van der Waals surface area contributed by atoms with Crippen molar-refractivity contribution in [2.45, 2.75) is 0 Å². The summed E-state index contributed by atoms with van der Waals surface area (Å²) in [4.78, 5) is 0. The SMILES string of the molecule is C(/C=C/c1ccccc1)=Nn1cnnc1. The first-order valence-electron chi connectivity index (χ1n) is 4.56. The minimum absolute atomic E-state index is 1.15. The Labute approximate surface area is 87.6 Å². The van der Waals surface area contributed by atoms with Gasteiger partial charge in [-0.15, -0.1) is 10.2 Å². The third-order valence-corrected chi connectivity index (χ3v) is 1.78. The van der Waals surface area contributed by atoms with Crippen LogP contribution < -0.4 is 0 Å². The molecule has 0 saturated carbocycles. The van der Waals surface area contributed by atoms with Crippen molar-refractivity contribution in [2.24, 2.45) is 5.10 Å². The molecule has 2 aromatic rings. The Kier molecular flexibility index (Phi) is 3.02. The summed E-state index contributed by atoms with van der Waals surface area (Å²) in [7, 11) is 0. The average Bonchev–Trinajstić information content (AvgIpc) is 2.79. The van der Waals surface area contributed by atoms with Gasteiger partial charge in [0.25, 0.3) is 0 Å². The highest BCUT2D eigenvalue weighted by atomic mass is 15.4. The van der Waals surface area contributed by atoms with Crippen molar-refractivity contribution in [1.82, 2.24) is 14.9 Å². The predicted octanol–water partition coefficient (Wildman–Crippen LogP) is 1.83. The van der Waals surface area contributed by atoms with E-state index in [1.165, 1.54) is 17.3 Å². The second-order valence-corrected chi connectivity index (χ2v) is 2.88. The van der Waals surface area contributed by atoms with Crippen molar-refractivity contribution in [1.29, 1.82) is 0 Å². The molecule has 1 aromatic heterocycles. The highest BCUT2D eigenvalue weighted by molar-refractivity contribution is 5.78. The van der Waals surface area contributed by atoms with Crippen molar-refractivity contribution in [3.8, 4) is 0 Å². The molecule has 0 bridgehead atoms. The first kappa shape index (κ1) is 9.33. The zero-order chi connectivity index (χ0) is 10.3. The van der Waals surface area contributed by atoms with Gasteiger partial charge in [-0.2, -0.15) is 5.10 Å². The Hall–Kier alpha value is -2.23. The summed E-state index contributed by atoms with van der Waals surface area (Å²) < 4.78 is 1.54. The van der Waals surface area contributed by atoms with Gasteiger partial charge in [-0.05, 0) is 11.6 Å². The third kappa shape index (κ3) is 2.87. The monoisotopic (exact) mass is 198 g/mol. The molecule has 0 radical (unpaired) electrons. The van der Waals surface area contributed by atoms with E-state index in [2.05, 4.69) is 15.3 Å². The Morgan fingerprint density at radius 3 is 2.53 bits per heavy atom. The van der Waals surface area contributed by atoms with Gasteiger partial charge >= 0.3 is 0 Å². The number of benzene rings is 1. The molecule has 1 heterocycles. The van der Waals surface area contributed by atoms with Crippen LogP contribution in [0.2, 0.25) is 0 Å². The Morgan fingerprint density at radius 1 is 1.07 bits per heavy atom. The standard InChI is InChI=1S/C11H10N4/c1-2-5-11(6-3-1)7-4-8-14-15-9-12-13-10-15/h1-10H/b7-4+,14-8?. The fraction of sp³-hybridized carbons (Fsp3) is 0. The van der Waals surface area contributed by atoms with Crippen LogP contribution in [0.3, 0.4) is 0 Å². The molecular formula is C11H10N4. The van der Waals surface area contributed by atoms with Crippen LogP contribution in [-0.2, 0) is 0 Å². The predicted molar refractivity (Wildman–Crippen MR) is 59.4 cm³/mol. The summed E-state index contributed by atoms with van der Waals surface area (Å²) in [5, 5.41) is 11.3. The minimum Gasteiger partial charge on any atom is -0.208 e. The van der Waals surface area contributed by atoms with E-state index in [0.29, 0.717) is 0 Å². The number of hydrogen-bond donors (Lipinski definition) is 0. The first-order valence-corrected chi connectivity index (χ1v) is 4.56. The van der Waals surface area contributed by atoms with E-state index in [4.69, 9.17) is 0 Å². The third-order valence-electron chi connectivity index (χ3n) is 1.78. The summed E-state index contributed by atoms with van der Waals surface area (Å²) in [5.74, 6) is 0. The molecule has 0 amide bonds. The van der Waals surface area contributed by atoms with Crippen molar-refractivity contribution < 1.29 is 0 Å². The van der Waals surface area contributed by atoms with E-state index < -0.39 is 0 Å². The van der Waals surface area contributed by atoms with Crippen LogP contribution in [0.5, 0.6) is 0 Å². The molecule has 0 atom stereocenters. The van der Waals surface area contributed by atoms with Crippen molar-refractivity contribution >= 4 is 12.3 Å². The van der Waals surface area contributed by atoms with E-state index in [9.17, 15) is 0 Å². The topological polar surface area (TPSA) is 43.1 Å². The van der Waals surface area contributed by atoms with Gasteiger partial charge in [-0.3, -0.25) is 0 Å². The molecule has 0 unspecified atom stereocenters. The molecule has 15 heavy (non-hydrogen) atoms. The summed E-state index contributed by atoms with van der Waals surface area (Å²) in [6, 6.07) is 10.0. The van der Waals surface area contributed by atoms with Crippen LogP contribution in [0.25, 0.3) is 6.08 Å². The highest BCUT2D eigenvalue weighted by Crippen LogP contribution is 1.99. The van der Waals surface area contributed by atoms with Crippen LogP contribution in [-0.4, -0.2) is 21.1 Å². The fourth-order valence-corrected chi connectivity index (χ4v) is 1.09. The molecule has 0 saturated heterocycles. The zero-order valence-electron chi connectivity index (χ0n) is 8.06. The Balaban J connectivity index is 1.96. The molecule has 0 spiro atoms. The molecule has 0 aliphatic carbocycles. The van der Waals surface area contributed by atoms with Crippen molar-refractivity contribution in [2.75, 3.05) is 0 Å². The van der Waals surface area contributed by atoms with Gasteiger partial charge in [0.05, 0.1) is 0 Å². The number of allylic oxidation sites excluding steroid dienone is 1. The normalized spacial score (nSPS) is 11.5. The van der Waals surface area contributed by atoms with Gasteiger partial charge in [-0.25, -0.2) is 4.68 Å². The lowest BCUT2D eigenvalue weighted by molar-refractivity contribution is 0.879. The maximum Gasteiger partial charge on any atom is 0.141 e. The van der Waals surface area contributed by atoms with Crippen LogP contribution in [0.1, 0.15) is 5.56 Å². The van der Waals surface area contributed by atoms with Crippen molar-refractivity contribution in [3.05, 3.63) is 54.6 Å². The van der Waals surface area contributed by atoms with Gasteiger partial charge in [0.15, 0.2) is 0 Å². The molecular weight excluding hydrogens is 188 g/mol. The summed E-state index contributed by atoms with van der Waals surface area (Å²) in [6.45, 7) is 0. The highest BCUT2D eigenvalue weighted by Gasteiger charge is 1.81. The largest absolute Gasteiger partial charge is 0.208 e. The Morgan fingerprint density at radius 2 is 1.80 bits per heavy atom. The van der Waals surface area contributed by atoms with E-state index in [1.807, 2.05) is 42.5 Å². The summed E-state index contributed by atoms with van der Waals surface area (Å²) in [5.41, 5.74) is 1.15. The summed E-state index contributed by atoms with van der Waals surface area (Å²) >= 11 is 0. The lowest BCUT2D eigenvalue weighted by atomic mass is 10.2. The van der Waals surface area contributed by atoms with E-state index in [1.54, 1.807) is 6.21 Å². The quantitative estimate of drug-likeness (QED) is 0.706. The van der Waals surface area contributed by atoms with E-state index in [0.717, 1.165) is 5.56 Å². The number of nitrogens with zero attached hydrogens (tertiary/aromatic N) is 4. The van der Waals surface area contributed by atoms with Gasteiger partial charge in [-0.1, -0.05) is 36.4 Å². The molecule has 1 aromatic carbocycles. The second kappa shape index (κ2) is 4.85. The molecule has 0 aliphatic heterocycles. The maximum atomic E-state index is 4.06. The molecule has 4 nitrogen and oxygen atoms in total. The van der Waals surface area contributed by atoms with Crippen molar-refractivity contribution in [3.63, 3.8) is 0 Å². The smallest absolute Gasteiger partial charge is 0.141 e. The first-order chi connectivity index (χ1) is 7.45. The fourth-order valence-electron chi connectivity index (χ4n) is 1.09. The molecule has 4 heteroatoms. The van der Waals surface area contributed by atoms with Crippen LogP contribution in [0.4, 0.5) is 0 Å². The van der Waals surface area contributed by atoms with E-state index >= 15 is 0 Å². The van der Waals surface area contributed by atoms with Gasteiger partial charge in [0.2, 0.25) is 0 Å². The molecule has 0 fully saturated rings. The van der Waals surface area contributed by atoms with Gasteiger partial charge in [0, 0.05) is 6.21 Å². The molecule has 74 valence electrons. The van der Waals surface area contributed by atoms with Crippen LogP contribution in [0, 0.1) is 0 Å². The minimum atomic E-state index is 1.15. The maximum absolute atomic E-state index is 4.06. The lowest BCUT2D eigenvalue weighted by Crippen LogP contribution is -1.81. The number of hydrogen-bond acceptors (Lipinski definition) is 3. The Bertz CT molecular complexity index is 443. The number of aromatic nitrogens is 3. The van der Waals surface area contributed by atoms with Gasteiger partial charge < -0.3 is 0 Å². The van der Waals surface area contributed by atoms with E-state index in [-0.39, 0.29) is 0 Å². The van der Waals surface area contributed by atoms with Gasteiger partial charge in [0.1, 0.15) is 12.7 Å².